The number of benzene rings is 3. The van der Waals surface area contributed by atoms with Crippen molar-refractivity contribution in [3.8, 4) is 0 Å². The molecule has 1 aliphatic heterocycles. The first-order valence-electron chi connectivity index (χ1n) is 8.57. The number of carboxylic acid groups (broad SMARTS) is 1. The summed E-state index contributed by atoms with van der Waals surface area (Å²) in [4.78, 5) is 26.8. The number of amides is 1. The van der Waals surface area contributed by atoms with E-state index in [-0.39, 0.29) is 5.91 Å². The number of hydrogen-bond donors (Lipinski definition) is 1. The van der Waals surface area contributed by atoms with Gasteiger partial charge in [-0.2, -0.15) is 0 Å². The molecule has 3 aromatic carbocycles. The van der Waals surface area contributed by atoms with E-state index in [0.717, 1.165) is 16.3 Å². The first-order chi connectivity index (χ1) is 13.5. The van der Waals surface area contributed by atoms with E-state index < -0.39 is 17.4 Å². The maximum atomic E-state index is 13.5. The van der Waals surface area contributed by atoms with Gasteiger partial charge in [0.05, 0.1) is 10.0 Å². The van der Waals surface area contributed by atoms with Gasteiger partial charge in [0.1, 0.15) is 11.4 Å². The van der Waals surface area contributed by atoms with E-state index >= 15 is 0 Å². The van der Waals surface area contributed by atoms with E-state index in [1.54, 1.807) is 24.3 Å². The monoisotopic (exact) mass is 431 g/mol. The van der Waals surface area contributed by atoms with Crippen molar-refractivity contribution in [1.82, 2.24) is 4.90 Å². The Morgan fingerprint density at radius 1 is 1.00 bits per heavy atom. The fourth-order valence-corrected chi connectivity index (χ4v) is 5.14. The minimum absolute atomic E-state index is 0.302. The summed E-state index contributed by atoms with van der Waals surface area (Å²) >= 11 is 13.6. The lowest BCUT2D eigenvalue weighted by Crippen LogP contribution is -2.43. The van der Waals surface area contributed by atoms with Crippen molar-refractivity contribution in [1.29, 1.82) is 0 Å². The van der Waals surface area contributed by atoms with Crippen LogP contribution in [0.15, 0.2) is 60.7 Å². The Labute approximate surface area is 176 Å². The lowest BCUT2D eigenvalue weighted by molar-refractivity contribution is -0.141. The summed E-state index contributed by atoms with van der Waals surface area (Å²) in [5.41, 5.74) is 1.23. The molecule has 4 rings (SSSR count). The highest BCUT2D eigenvalue weighted by molar-refractivity contribution is 7.99. The molecule has 0 aliphatic carbocycles. The quantitative estimate of drug-likeness (QED) is 0.595. The van der Waals surface area contributed by atoms with Gasteiger partial charge in [-0.05, 0) is 34.5 Å². The van der Waals surface area contributed by atoms with Crippen LogP contribution in [-0.4, -0.2) is 33.7 Å². The fraction of sp³-hybridized carbons (Fsp3) is 0.143. The molecule has 1 N–H and O–H groups in total. The van der Waals surface area contributed by atoms with E-state index in [9.17, 15) is 14.7 Å². The lowest BCUT2D eigenvalue weighted by Gasteiger charge is -2.28. The molecule has 1 heterocycles. The molecule has 0 spiro atoms. The average molecular weight is 432 g/mol. The smallest absolute Gasteiger partial charge is 0.327 e. The van der Waals surface area contributed by atoms with Gasteiger partial charge < -0.3 is 10.0 Å². The van der Waals surface area contributed by atoms with E-state index in [2.05, 4.69) is 0 Å². The van der Waals surface area contributed by atoms with Crippen molar-refractivity contribution in [3.63, 3.8) is 0 Å². The summed E-state index contributed by atoms with van der Waals surface area (Å²) in [6.07, 6.45) is 0. The Morgan fingerprint density at radius 2 is 1.75 bits per heavy atom. The second-order valence-electron chi connectivity index (χ2n) is 6.45. The van der Waals surface area contributed by atoms with Gasteiger partial charge in [-0.3, -0.25) is 4.79 Å². The SMILES string of the molecule is O=C(O)C1CSC(c2ccc(Cl)c(Cl)c2)N1C(=O)c1cccc2ccccc12. The maximum absolute atomic E-state index is 13.5. The number of thioether (sulfide) groups is 1. The lowest BCUT2D eigenvalue weighted by atomic mass is 10.0. The molecule has 2 atom stereocenters. The number of rotatable bonds is 3. The molecule has 28 heavy (non-hydrogen) atoms. The van der Waals surface area contributed by atoms with E-state index in [4.69, 9.17) is 23.2 Å². The Bertz CT molecular complexity index is 1080. The van der Waals surface area contributed by atoms with Crippen molar-refractivity contribution in [2.75, 3.05) is 5.75 Å². The van der Waals surface area contributed by atoms with Crippen LogP contribution in [0.25, 0.3) is 10.8 Å². The highest BCUT2D eigenvalue weighted by Gasteiger charge is 2.43. The summed E-state index contributed by atoms with van der Waals surface area (Å²) in [5, 5.41) is 11.8. The topological polar surface area (TPSA) is 57.6 Å². The van der Waals surface area contributed by atoms with Gasteiger partial charge >= 0.3 is 5.97 Å². The van der Waals surface area contributed by atoms with Gasteiger partial charge in [0.15, 0.2) is 0 Å². The molecule has 142 valence electrons. The second-order valence-corrected chi connectivity index (χ2v) is 8.38. The maximum Gasteiger partial charge on any atom is 0.327 e. The zero-order valence-corrected chi connectivity index (χ0v) is 16.8. The minimum atomic E-state index is -1.02. The number of aliphatic carboxylic acids is 1. The number of nitrogens with zero attached hydrogens (tertiary/aromatic N) is 1. The van der Waals surface area contributed by atoms with Crippen LogP contribution in [0.3, 0.4) is 0 Å². The standard InChI is InChI=1S/C21H15Cl2NO3S/c22-16-9-8-13(10-17(16)23)20-24(18(11-28-20)21(26)27)19(25)15-7-3-5-12-4-1-2-6-14(12)15/h1-10,18,20H,11H2,(H,26,27). The van der Waals surface area contributed by atoms with E-state index in [0.29, 0.717) is 21.4 Å². The van der Waals surface area contributed by atoms with Gasteiger partial charge in [0.25, 0.3) is 5.91 Å². The van der Waals surface area contributed by atoms with Crippen LogP contribution < -0.4 is 0 Å². The zero-order chi connectivity index (χ0) is 19.8. The van der Waals surface area contributed by atoms with Crippen LogP contribution in [0.4, 0.5) is 0 Å². The molecule has 3 aromatic rings. The Kier molecular flexibility index (Phi) is 5.23. The van der Waals surface area contributed by atoms with Crippen molar-refractivity contribution in [2.45, 2.75) is 11.4 Å². The summed E-state index contributed by atoms with van der Waals surface area (Å²) in [5.74, 6) is -1.04. The molecule has 0 bridgehead atoms. The minimum Gasteiger partial charge on any atom is -0.480 e. The molecule has 2 unspecified atom stereocenters. The Morgan fingerprint density at radius 3 is 2.50 bits per heavy atom. The third kappa shape index (κ3) is 3.34. The van der Waals surface area contributed by atoms with Gasteiger partial charge in [-0.1, -0.05) is 65.7 Å². The first-order valence-corrected chi connectivity index (χ1v) is 10.4. The molecule has 0 radical (unpaired) electrons. The zero-order valence-electron chi connectivity index (χ0n) is 14.5. The number of carboxylic acids is 1. The van der Waals surface area contributed by atoms with Crippen LogP contribution in [0, 0.1) is 0 Å². The molecule has 0 aromatic heterocycles. The molecular formula is C21H15Cl2NO3S. The molecular weight excluding hydrogens is 417 g/mol. The van der Waals surface area contributed by atoms with Gasteiger partial charge in [0.2, 0.25) is 0 Å². The Hall–Kier alpha value is -2.21. The average Bonchev–Trinajstić information content (AvgIpc) is 3.14. The predicted molar refractivity (Wildman–Crippen MR) is 113 cm³/mol. The summed E-state index contributed by atoms with van der Waals surface area (Å²) < 4.78 is 0. The number of carbonyl (C=O) groups is 2. The summed E-state index contributed by atoms with van der Waals surface area (Å²) in [6.45, 7) is 0. The largest absolute Gasteiger partial charge is 0.480 e. The van der Waals surface area contributed by atoms with Crippen molar-refractivity contribution >= 4 is 57.6 Å². The fourth-order valence-electron chi connectivity index (χ4n) is 3.42. The van der Waals surface area contributed by atoms with Crippen LogP contribution in [-0.2, 0) is 4.79 Å². The van der Waals surface area contributed by atoms with E-state index in [1.165, 1.54) is 16.7 Å². The number of halogens is 2. The predicted octanol–water partition coefficient (Wildman–Crippen LogP) is 5.49. The molecule has 1 saturated heterocycles. The van der Waals surface area contributed by atoms with E-state index in [1.807, 2.05) is 36.4 Å². The van der Waals surface area contributed by atoms with Crippen molar-refractivity contribution in [3.05, 3.63) is 81.8 Å². The van der Waals surface area contributed by atoms with Gasteiger partial charge in [0, 0.05) is 11.3 Å². The number of fused-ring (bicyclic) bond motifs is 1. The Balaban J connectivity index is 1.80. The molecule has 1 amide bonds. The number of carbonyl (C=O) groups excluding carboxylic acids is 1. The van der Waals surface area contributed by atoms with Crippen LogP contribution in [0.1, 0.15) is 21.3 Å². The van der Waals surface area contributed by atoms with Crippen LogP contribution in [0.5, 0.6) is 0 Å². The second kappa shape index (κ2) is 7.66. The number of hydrogen-bond acceptors (Lipinski definition) is 3. The van der Waals surface area contributed by atoms with Gasteiger partial charge in [-0.15, -0.1) is 11.8 Å². The third-order valence-electron chi connectivity index (χ3n) is 4.77. The molecule has 7 heteroatoms. The summed E-state index contributed by atoms with van der Waals surface area (Å²) in [7, 11) is 0. The van der Waals surface area contributed by atoms with Crippen LogP contribution >= 0.6 is 35.0 Å². The highest BCUT2D eigenvalue weighted by Crippen LogP contribution is 2.44. The summed E-state index contributed by atoms with van der Waals surface area (Å²) in [6, 6.07) is 17.2. The highest BCUT2D eigenvalue weighted by atomic mass is 35.5. The molecule has 4 nitrogen and oxygen atoms in total. The molecule has 0 saturated carbocycles. The van der Waals surface area contributed by atoms with Crippen LogP contribution in [0.2, 0.25) is 10.0 Å². The molecule has 1 aliphatic rings. The third-order valence-corrected chi connectivity index (χ3v) is 6.83. The van der Waals surface area contributed by atoms with Crippen molar-refractivity contribution < 1.29 is 14.7 Å². The molecule has 1 fully saturated rings. The van der Waals surface area contributed by atoms with Gasteiger partial charge in [-0.25, -0.2) is 4.79 Å². The first kappa shape index (κ1) is 19.1. The normalized spacial score (nSPS) is 19.1. The van der Waals surface area contributed by atoms with Crippen molar-refractivity contribution in [2.24, 2.45) is 0 Å².